The molecule has 2 unspecified atom stereocenters. The van der Waals surface area contributed by atoms with Gasteiger partial charge >= 0.3 is 5.97 Å². The summed E-state index contributed by atoms with van der Waals surface area (Å²) in [6, 6.07) is 0. The second kappa shape index (κ2) is 46.5. The summed E-state index contributed by atoms with van der Waals surface area (Å²) >= 11 is 0. The first kappa shape index (κ1) is 60.9. The highest BCUT2D eigenvalue weighted by molar-refractivity contribution is 7.45. The molecule has 0 heterocycles. The number of hydrogen-bond acceptors (Lipinski definition) is 7. The van der Waals surface area contributed by atoms with E-state index in [0.717, 1.165) is 83.5 Å². The Labute approximate surface area is 389 Å². The van der Waals surface area contributed by atoms with Crippen LogP contribution in [-0.2, 0) is 27.9 Å². The number of hydrogen-bond donors (Lipinski definition) is 0. The number of esters is 1. The monoisotopic (exact) mass is 904 g/mol. The molecule has 366 valence electrons. The Bertz CT molecular complexity index is 1230. The summed E-state index contributed by atoms with van der Waals surface area (Å²) in [4.78, 5) is 25.2. The fourth-order valence-corrected chi connectivity index (χ4v) is 7.57. The van der Waals surface area contributed by atoms with E-state index in [0.29, 0.717) is 17.6 Å². The van der Waals surface area contributed by atoms with Crippen LogP contribution < -0.4 is 4.89 Å². The van der Waals surface area contributed by atoms with Gasteiger partial charge in [0.05, 0.1) is 34.4 Å². The van der Waals surface area contributed by atoms with Crippen molar-refractivity contribution in [2.24, 2.45) is 0 Å². The molecule has 0 bridgehead atoms. The molecule has 0 saturated carbocycles. The van der Waals surface area contributed by atoms with Crippen LogP contribution in [0.15, 0.2) is 72.9 Å². The molecular formula is C54H98NO7P. The number of carbonyl (C=O) groups excluding carboxylic acids is 1. The van der Waals surface area contributed by atoms with E-state index < -0.39 is 13.9 Å². The zero-order chi connectivity index (χ0) is 46.2. The summed E-state index contributed by atoms with van der Waals surface area (Å²) in [5.74, 6) is -0.357. The fourth-order valence-electron chi connectivity index (χ4n) is 6.84. The number of likely N-dealkylation sites (N-methyl/N-ethyl adjacent to an activating group) is 1. The molecule has 0 aromatic heterocycles. The minimum atomic E-state index is -4.54. The first-order valence-corrected chi connectivity index (χ1v) is 27.1. The molecular weight excluding hydrogens is 806 g/mol. The van der Waals surface area contributed by atoms with Gasteiger partial charge in [-0.15, -0.1) is 0 Å². The van der Waals surface area contributed by atoms with Crippen LogP contribution in [0.2, 0.25) is 0 Å². The number of nitrogens with zero attached hydrogens (tertiary/aromatic N) is 1. The number of quaternary nitrogens is 1. The average Bonchev–Trinajstić information content (AvgIpc) is 3.24. The Morgan fingerprint density at radius 3 is 1.38 bits per heavy atom. The molecule has 0 saturated heterocycles. The van der Waals surface area contributed by atoms with Crippen molar-refractivity contribution >= 4 is 13.8 Å². The Balaban J connectivity index is 4.22. The number of allylic oxidation sites excluding steroid dienone is 12. The van der Waals surface area contributed by atoms with Crippen LogP contribution in [0, 0.1) is 0 Å². The standard InChI is InChI=1S/C54H98NO7P/c1-6-8-10-12-14-16-18-20-22-24-26-27-28-29-30-31-33-35-37-39-41-43-45-47-54(56)62-53(52-61-63(57,58)60-50-48-55(3,4)5)51-59-49-46-44-42-40-38-36-34-32-25-23-21-19-17-15-13-11-9-7-2/h8,10,14,16,20,22,26-27,29-30,33,35,53H,6-7,9,11-13,15,17-19,21,23-25,28,31-32,34,36-52H2,1-5H3/b10-8-,16-14-,22-20-,27-26-,30-29-,35-33-. The lowest BCUT2D eigenvalue weighted by molar-refractivity contribution is -0.870. The number of phosphoric ester groups is 1. The molecule has 0 fully saturated rings. The minimum absolute atomic E-state index is 0.0185. The van der Waals surface area contributed by atoms with Gasteiger partial charge in [-0.3, -0.25) is 9.36 Å². The molecule has 0 spiro atoms. The van der Waals surface area contributed by atoms with Crippen LogP contribution >= 0.6 is 7.82 Å². The smallest absolute Gasteiger partial charge is 0.306 e. The van der Waals surface area contributed by atoms with Crippen LogP contribution in [0.4, 0.5) is 0 Å². The van der Waals surface area contributed by atoms with Crippen molar-refractivity contribution in [3.8, 4) is 0 Å². The van der Waals surface area contributed by atoms with Crippen molar-refractivity contribution < 1.29 is 37.3 Å². The van der Waals surface area contributed by atoms with Crippen molar-refractivity contribution in [2.45, 2.75) is 213 Å². The lowest BCUT2D eigenvalue weighted by Gasteiger charge is -2.28. The first-order chi connectivity index (χ1) is 30.6. The van der Waals surface area contributed by atoms with E-state index in [1.54, 1.807) is 0 Å². The fraction of sp³-hybridized carbons (Fsp3) is 0.759. The van der Waals surface area contributed by atoms with Crippen LogP contribution in [0.3, 0.4) is 0 Å². The third-order valence-electron chi connectivity index (χ3n) is 10.8. The van der Waals surface area contributed by atoms with Gasteiger partial charge in [0.25, 0.3) is 7.82 Å². The van der Waals surface area contributed by atoms with E-state index >= 15 is 0 Å². The van der Waals surface area contributed by atoms with E-state index in [1.165, 1.54) is 103 Å². The van der Waals surface area contributed by atoms with Gasteiger partial charge in [-0.05, 0) is 64.2 Å². The maximum atomic E-state index is 12.7. The normalized spacial score (nSPS) is 14.2. The van der Waals surface area contributed by atoms with Crippen LogP contribution in [-0.4, -0.2) is 70.7 Å². The van der Waals surface area contributed by atoms with E-state index in [9.17, 15) is 14.3 Å². The van der Waals surface area contributed by atoms with Gasteiger partial charge in [0.2, 0.25) is 0 Å². The molecule has 8 nitrogen and oxygen atoms in total. The molecule has 0 aromatic carbocycles. The maximum absolute atomic E-state index is 12.7. The summed E-state index contributed by atoms with van der Waals surface area (Å²) in [6.45, 7) is 5.28. The maximum Gasteiger partial charge on any atom is 0.306 e. The Hall–Kier alpha value is -2.06. The highest BCUT2D eigenvalue weighted by Gasteiger charge is 2.20. The van der Waals surface area contributed by atoms with Crippen molar-refractivity contribution in [3.05, 3.63) is 72.9 Å². The number of unbranched alkanes of at least 4 members (excludes halogenated alkanes) is 21. The third kappa shape index (κ3) is 50.8. The highest BCUT2D eigenvalue weighted by Crippen LogP contribution is 2.38. The summed E-state index contributed by atoms with van der Waals surface area (Å²) < 4.78 is 34.7. The van der Waals surface area contributed by atoms with Crippen LogP contribution in [0.5, 0.6) is 0 Å². The second-order valence-electron chi connectivity index (χ2n) is 18.2. The van der Waals surface area contributed by atoms with Crippen molar-refractivity contribution in [1.82, 2.24) is 0 Å². The Morgan fingerprint density at radius 1 is 0.508 bits per heavy atom. The minimum Gasteiger partial charge on any atom is -0.756 e. The van der Waals surface area contributed by atoms with E-state index in [-0.39, 0.29) is 32.2 Å². The predicted molar refractivity (Wildman–Crippen MR) is 268 cm³/mol. The molecule has 0 aliphatic heterocycles. The van der Waals surface area contributed by atoms with Gasteiger partial charge in [0.15, 0.2) is 0 Å². The Morgan fingerprint density at radius 2 is 0.921 bits per heavy atom. The van der Waals surface area contributed by atoms with Crippen molar-refractivity contribution in [1.29, 1.82) is 0 Å². The van der Waals surface area contributed by atoms with Crippen molar-refractivity contribution in [3.63, 3.8) is 0 Å². The van der Waals surface area contributed by atoms with E-state index in [4.69, 9.17) is 18.5 Å². The zero-order valence-corrected chi connectivity index (χ0v) is 42.4. The number of phosphoric acid groups is 1. The van der Waals surface area contributed by atoms with Gasteiger partial charge < -0.3 is 27.9 Å². The van der Waals surface area contributed by atoms with Crippen molar-refractivity contribution in [2.75, 3.05) is 54.1 Å². The average molecular weight is 904 g/mol. The zero-order valence-electron chi connectivity index (χ0n) is 41.5. The van der Waals surface area contributed by atoms with E-state index in [1.807, 2.05) is 21.1 Å². The lowest BCUT2D eigenvalue weighted by Crippen LogP contribution is -2.37. The number of carbonyl (C=O) groups is 1. The van der Waals surface area contributed by atoms with Crippen LogP contribution in [0.25, 0.3) is 0 Å². The number of ether oxygens (including phenoxy) is 2. The second-order valence-corrected chi connectivity index (χ2v) is 19.6. The summed E-state index contributed by atoms with van der Waals surface area (Å²) in [7, 11) is 1.33. The molecule has 63 heavy (non-hydrogen) atoms. The quantitative estimate of drug-likeness (QED) is 0.0197. The van der Waals surface area contributed by atoms with E-state index in [2.05, 4.69) is 86.8 Å². The van der Waals surface area contributed by atoms with Gasteiger partial charge in [0, 0.05) is 13.0 Å². The topological polar surface area (TPSA) is 94.1 Å². The molecule has 0 aliphatic rings. The Kier molecular flexibility index (Phi) is 44.9. The molecule has 0 N–H and O–H groups in total. The molecule has 0 amide bonds. The lowest BCUT2D eigenvalue weighted by atomic mass is 10.0. The largest absolute Gasteiger partial charge is 0.756 e. The molecule has 0 aliphatic carbocycles. The summed E-state index contributed by atoms with van der Waals surface area (Å²) in [5, 5.41) is 0. The molecule has 0 aromatic rings. The van der Waals surface area contributed by atoms with Gasteiger partial charge in [-0.2, -0.15) is 0 Å². The third-order valence-corrected chi connectivity index (χ3v) is 11.7. The van der Waals surface area contributed by atoms with Gasteiger partial charge in [0.1, 0.15) is 19.3 Å². The first-order valence-electron chi connectivity index (χ1n) is 25.7. The van der Waals surface area contributed by atoms with Crippen LogP contribution in [0.1, 0.15) is 206 Å². The molecule has 0 rings (SSSR count). The molecule has 0 radical (unpaired) electrons. The predicted octanol–water partition coefficient (Wildman–Crippen LogP) is 15.2. The van der Waals surface area contributed by atoms with Gasteiger partial charge in [-0.25, -0.2) is 0 Å². The summed E-state index contributed by atoms with van der Waals surface area (Å²) in [6.07, 6.45) is 60.7. The highest BCUT2D eigenvalue weighted by atomic mass is 31.2. The van der Waals surface area contributed by atoms with Gasteiger partial charge in [-0.1, -0.05) is 209 Å². The molecule has 2 atom stereocenters. The number of rotatable bonds is 47. The summed E-state index contributed by atoms with van der Waals surface area (Å²) in [5.41, 5.74) is 0. The molecule has 9 heteroatoms. The SMILES string of the molecule is CC/C=C\C/C=C\C/C=C\C/C=C\C/C=C\C/C=C\CCCCCCC(=O)OC(COCCCCCCCCCCCCCCCCCCCC)COP(=O)([O-])OCC[N+](C)(C)C.